The highest BCUT2D eigenvalue weighted by molar-refractivity contribution is 6.76. The normalized spacial score (nSPS) is 14.7. The topological polar surface area (TPSA) is 106 Å². The van der Waals surface area contributed by atoms with E-state index in [4.69, 9.17) is 19.1 Å². The third-order valence-electron chi connectivity index (χ3n) is 10.3. The second-order valence-corrected chi connectivity index (χ2v) is 20.2. The summed E-state index contributed by atoms with van der Waals surface area (Å²) in [4.78, 5) is 24.3. The minimum absolute atomic E-state index is 0.0281. The summed E-state index contributed by atoms with van der Waals surface area (Å²) >= 11 is 0. The summed E-state index contributed by atoms with van der Waals surface area (Å²) < 4.78 is 280. The van der Waals surface area contributed by atoms with Crippen molar-refractivity contribution in [3.05, 3.63) is 71.3 Å². The number of nitrogens with one attached hydrogen (secondary N) is 2. The van der Waals surface area contributed by atoms with Gasteiger partial charge in [0.05, 0.1) is 12.3 Å². The number of rotatable bonds is 23. The van der Waals surface area contributed by atoms with Crippen molar-refractivity contribution in [2.75, 3.05) is 18.5 Å². The molecule has 2 amide bonds. The van der Waals surface area contributed by atoms with Crippen molar-refractivity contribution in [3.63, 3.8) is 0 Å². The molecule has 3 N–H and O–H groups in total. The number of hydroxylamine groups is 1. The lowest BCUT2D eigenvalue weighted by Crippen LogP contribution is -2.74. The van der Waals surface area contributed by atoms with Crippen LogP contribution in [0.3, 0.4) is 0 Å². The second kappa shape index (κ2) is 20.8. The van der Waals surface area contributed by atoms with Crippen molar-refractivity contribution in [3.8, 4) is 5.75 Å². The number of carbonyl (C=O) groups is 2. The zero-order valence-corrected chi connectivity index (χ0v) is 35.8. The Morgan fingerprint density at radius 2 is 1.21 bits per heavy atom. The molecule has 2 aromatic carbocycles. The number of amides is 2. The minimum Gasteiger partial charge on any atom is -0.491 e. The molecule has 8 nitrogen and oxygen atoms in total. The molecule has 0 spiro atoms. The van der Waals surface area contributed by atoms with Gasteiger partial charge in [-0.25, -0.2) is 19.1 Å². The highest BCUT2D eigenvalue weighted by Gasteiger charge is 2.95. The molecule has 66 heavy (non-hydrogen) atoms. The van der Waals surface area contributed by atoms with E-state index in [1.165, 1.54) is 70.4 Å². The summed E-state index contributed by atoms with van der Waals surface area (Å²) in [6.45, 7) is 5.39. The molecule has 1 atom stereocenters. The van der Waals surface area contributed by atoms with Gasteiger partial charge in [0.2, 0.25) is 0 Å². The first-order valence-corrected chi connectivity index (χ1v) is 21.2. The number of hydrogen-bond donors (Lipinski definition) is 3. The van der Waals surface area contributed by atoms with E-state index in [-0.39, 0.29) is 29.7 Å². The lowest BCUT2D eigenvalue weighted by Gasteiger charge is -2.44. The molecule has 0 bridgehead atoms. The molecule has 0 saturated heterocycles. The van der Waals surface area contributed by atoms with Crippen molar-refractivity contribution < 1.29 is 112 Å². The number of benzene rings is 2. The highest BCUT2D eigenvalue weighted by Crippen LogP contribution is 2.64. The van der Waals surface area contributed by atoms with Crippen LogP contribution in [0.2, 0.25) is 17.1 Å². The van der Waals surface area contributed by atoms with Gasteiger partial charge in [-0.3, -0.25) is 15.3 Å². The van der Waals surface area contributed by atoms with E-state index in [2.05, 4.69) is 5.32 Å². The number of carbonyl (C=O) groups excluding carboxylic acids is 2. The number of allylic oxidation sites excluding steroid dienone is 1. The predicted octanol–water partition coefficient (Wildman–Crippen LogP) is 13.0. The fourth-order valence-corrected chi connectivity index (χ4v) is 10.8. The van der Waals surface area contributed by atoms with E-state index in [0.29, 0.717) is 6.07 Å². The molecule has 2 rings (SSSR count). The molecule has 0 aliphatic heterocycles. The number of halogens is 19. The van der Waals surface area contributed by atoms with E-state index >= 15 is 0 Å². The summed E-state index contributed by atoms with van der Waals surface area (Å²) in [6.07, 6.45) is -11.4. The Hall–Kier alpha value is -4.47. The monoisotopic (exact) mass is 1010 g/mol. The number of anilines is 1. The van der Waals surface area contributed by atoms with Crippen LogP contribution >= 0.6 is 0 Å². The Bertz CT molecular complexity index is 1990. The van der Waals surface area contributed by atoms with Gasteiger partial charge in [-0.15, -0.1) is 0 Å². The molecule has 28 heteroatoms. The standard InChI is InChI=1S/C38H41F19N2O6Si/c1-20(2)66(21(3)4,18-15-31(41,42)32(43,44)33(45,46)34(47,48)35(49,50)36(51,52)37(53,54)38(55,56)57)64-17-16-63-25-12-9-23(10-13-25)28(8-6-7-22(5)29(60)59-62)65-30(61)58-27-14-11-24(39)19-26(27)40/h7,9-14,19-21,28,62H,6,8,15-18H2,1-5H3,(H,58,61)(H,59,60)/b22-7+/t28-/m0/s1. The maximum absolute atomic E-state index is 15.0. The van der Waals surface area contributed by atoms with Crippen LogP contribution in [0.4, 0.5) is 93.9 Å². The summed E-state index contributed by atoms with van der Waals surface area (Å²) in [5.41, 5.74) is -0.565. The Kier molecular flexibility index (Phi) is 18.2. The Morgan fingerprint density at radius 1 is 0.712 bits per heavy atom. The van der Waals surface area contributed by atoms with Crippen LogP contribution in [0.15, 0.2) is 54.1 Å². The van der Waals surface area contributed by atoms with Gasteiger partial charge < -0.3 is 13.9 Å². The lowest BCUT2D eigenvalue weighted by atomic mass is 9.88. The summed E-state index contributed by atoms with van der Waals surface area (Å²) in [5, 5.41) is 10.9. The highest BCUT2D eigenvalue weighted by atomic mass is 28.4. The fraction of sp³-hybridized carbons (Fsp3) is 0.579. The van der Waals surface area contributed by atoms with Crippen molar-refractivity contribution in [1.82, 2.24) is 5.48 Å². The van der Waals surface area contributed by atoms with Crippen LogP contribution in [0.1, 0.15) is 65.5 Å². The third kappa shape index (κ3) is 11.6. The Morgan fingerprint density at radius 3 is 1.68 bits per heavy atom. The molecule has 0 heterocycles. The maximum atomic E-state index is 15.0. The van der Waals surface area contributed by atoms with Crippen LogP contribution in [0.5, 0.6) is 5.75 Å². The molecule has 0 unspecified atom stereocenters. The van der Waals surface area contributed by atoms with Crippen molar-refractivity contribution >= 4 is 26.0 Å². The molecule has 2 aromatic rings. The van der Waals surface area contributed by atoms with Crippen molar-refractivity contribution in [2.45, 2.75) is 125 Å². The Balaban J connectivity index is 2.29. The fourth-order valence-electron chi connectivity index (χ4n) is 6.31. The van der Waals surface area contributed by atoms with Gasteiger partial charge in [-0.1, -0.05) is 45.9 Å². The van der Waals surface area contributed by atoms with Gasteiger partial charge in [-0.05, 0) is 66.7 Å². The predicted molar refractivity (Wildman–Crippen MR) is 196 cm³/mol. The van der Waals surface area contributed by atoms with Gasteiger partial charge in [0, 0.05) is 18.1 Å². The largest absolute Gasteiger partial charge is 0.491 e. The average Bonchev–Trinajstić information content (AvgIpc) is 3.19. The minimum atomic E-state index is -8.72. The van der Waals surface area contributed by atoms with Crippen LogP contribution in [-0.4, -0.2) is 86.4 Å². The first-order chi connectivity index (χ1) is 29.8. The van der Waals surface area contributed by atoms with E-state index < -0.39 is 128 Å². The molecular weight excluding hydrogens is 969 g/mol. The first-order valence-electron chi connectivity index (χ1n) is 18.9. The molecule has 0 fully saturated rings. The lowest BCUT2D eigenvalue weighted by molar-refractivity contribution is -0.461. The van der Waals surface area contributed by atoms with Gasteiger partial charge >= 0.3 is 53.7 Å². The van der Waals surface area contributed by atoms with Gasteiger partial charge in [-0.2, -0.15) is 74.6 Å². The number of hydrogen-bond acceptors (Lipinski definition) is 6. The van der Waals surface area contributed by atoms with E-state index in [1.54, 1.807) is 0 Å². The number of ether oxygens (including phenoxy) is 2. The average molecular weight is 1010 g/mol. The van der Waals surface area contributed by atoms with Gasteiger partial charge in [0.25, 0.3) is 5.91 Å². The second-order valence-electron chi connectivity index (χ2n) is 15.2. The zero-order valence-electron chi connectivity index (χ0n) is 34.8. The third-order valence-corrected chi connectivity index (χ3v) is 16.0. The molecular formula is C38H41F19N2O6Si. The number of alkyl halides is 17. The molecule has 0 aliphatic rings. The van der Waals surface area contributed by atoms with Crippen LogP contribution in [0, 0.1) is 11.6 Å². The SMILES string of the molecule is C/C(=C\CC[C@H](OC(=O)Nc1ccc(F)cc1F)c1ccc(OCCO[Si](CCC(F)(F)C(F)(F)C(F)(F)C(F)(F)C(F)(F)C(F)(F)C(F)(F)C(F)(F)F)(C(C)C)C(C)C)cc1)C(=O)NO. The van der Waals surface area contributed by atoms with Crippen LogP contribution in [-0.2, 0) is 14.0 Å². The van der Waals surface area contributed by atoms with Crippen molar-refractivity contribution in [1.29, 1.82) is 0 Å². The van der Waals surface area contributed by atoms with E-state index in [0.717, 1.165) is 12.1 Å². The van der Waals surface area contributed by atoms with Crippen molar-refractivity contribution in [2.24, 2.45) is 0 Å². The van der Waals surface area contributed by atoms with Gasteiger partial charge in [0.1, 0.15) is 30.1 Å². The Labute approximate surface area is 363 Å². The molecule has 0 saturated carbocycles. The quantitative estimate of drug-likeness (QED) is 0.0256. The van der Waals surface area contributed by atoms with E-state index in [9.17, 15) is 93.0 Å². The molecule has 0 radical (unpaired) electrons. The molecule has 0 aromatic heterocycles. The summed E-state index contributed by atoms with van der Waals surface area (Å²) in [7, 11) is -4.06. The molecule has 0 aliphatic carbocycles. The smallest absolute Gasteiger partial charge is 0.460 e. The van der Waals surface area contributed by atoms with E-state index in [1.807, 2.05) is 0 Å². The first kappa shape index (κ1) is 57.7. The van der Waals surface area contributed by atoms with Gasteiger partial charge in [0.15, 0.2) is 8.32 Å². The maximum Gasteiger partial charge on any atom is 0.460 e. The molecule has 376 valence electrons. The summed E-state index contributed by atoms with van der Waals surface area (Å²) in [6, 6.07) is 6.17. The van der Waals surface area contributed by atoms with Crippen LogP contribution < -0.4 is 15.5 Å². The zero-order chi connectivity index (χ0) is 51.3. The van der Waals surface area contributed by atoms with Crippen LogP contribution in [0.25, 0.3) is 0 Å². The summed E-state index contributed by atoms with van der Waals surface area (Å²) in [5.74, 6) is -59.9.